The Morgan fingerprint density at radius 2 is 1.55 bits per heavy atom. The lowest BCUT2D eigenvalue weighted by atomic mass is 9.90. The molecule has 1 aromatic rings. The molecule has 0 radical (unpaired) electrons. The molecule has 0 aliphatic rings. The van der Waals surface area contributed by atoms with E-state index in [1.165, 1.54) is 13.2 Å². The topological polar surface area (TPSA) is 87.0 Å². The van der Waals surface area contributed by atoms with Gasteiger partial charge in [0.05, 0.1) is 18.3 Å². The van der Waals surface area contributed by atoms with Crippen LogP contribution in [0.1, 0.15) is 43.6 Å². The van der Waals surface area contributed by atoms with Gasteiger partial charge in [-0.25, -0.2) is 4.79 Å². The molecule has 1 rings (SSSR count). The number of methoxy groups -OCH3 is 1. The zero-order chi connectivity index (χ0) is 16.1. The lowest BCUT2D eigenvalue weighted by Crippen LogP contribution is -2.44. The van der Waals surface area contributed by atoms with E-state index in [-0.39, 0.29) is 5.56 Å². The minimum absolute atomic E-state index is 0.206. The molecule has 5 nitrogen and oxygen atoms in total. The number of carbonyl (C=O) groups is 1. The Kier molecular flexibility index (Phi) is 6.19. The third-order valence-electron chi connectivity index (χ3n) is 3.14. The highest BCUT2D eigenvalue weighted by Gasteiger charge is 2.31. The van der Waals surface area contributed by atoms with Crippen LogP contribution in [0.4, 0.5) is 0 Å². The van der Waals surface area contributed by atoms with Crippen LogP contribution in [0.3, 0.4) is 0 Å². The zero-order valence-corrected chi connectivity index (χ0v) is 12.9. The van der Waals surface area contributed by atoms with Gasteiger partial charge in [-0.15, -0.1) is 0 Å². The quantitative estimate of drug-likeness (QED) is 0.792. The molecule has 20 heavy (non-hydrogen) atoms. The molecule has 0 aliphatic carbocycles. The fraction of sp³-hybridized carbons (Fsp3) is 0.533. The van der Waals surface area contributed by atoms with Gasteiger partial charge in [-0.2, -0.15) is 0 Å². The smallest absolute Gasteiger partial charge is 0.339 e. The SMILES string of the molecule is CC(C)(O)C(C)(C)O.COc1c(C)cccc1C(=O)O. The number of rotatable bonds is 3. The summed E-state index contributed by atoms with van der Waals surface area (Å²) in [6.07, 6.45) is 0. The molecule has 1 aromatic carbocycles. The fourth-order valence-electron chi connectivity index (χ4n) is 1.09. The summed E-state index contributed by atoms with van der Waals surface area (Å²) in [5.41, 5.74) is -0.977. The average molecular weight is 284 g/mol. The van der Waals surface area contributed by atoms with Crippen LogP contribution in [-0.2, 0) is 0 Å². The van der Waals surface area contributed by atoms with Crippen molar-refractivity contribution in [3.8, 4) is 5.75 Å². The molecule has 0 aliphatic heterocycles. The van der Waals surface area contributed by atoms with E-state index in [9.17, 15) is 4.79 Å². The zero-order valence-electron chi connectivity index (χ0n) is 12.9. The van der Waals surface area contributed by atoms with Crippen molar-refractivity contribution < 1.29 is 24.9 Å². The summed E-state index contributed by atoms with van der Waals surface area (Å²) in [7, 11) is 1.47. The van der Waals surface area contributed by atoms with Gasteiger partial charge in [0.2, 0.25) is 0 Å². The molecule has 0 bridgehead atoms. The van der Waals surface area contributed by atoms with E-state index in [0.717, 1.165) is 5.56 Å². The van der Waals surface area contributed by atoms with Crippen molar-refractivity contribution in [1.82, 2.24) is 0 Å². The molecule has 0 unspecified atom stereocenters. The third kappa shape index (κ3) is 5.19. The number of aryl methyl sites for hydroxylation is 1. The molecule has 3 N–H and O–H groups in total. The highest BCUT2D eigenvalue weighted by Crippen LogP contribution is 2.22. The minimum atomic E-state index is -1.01. The van der Waals surface area contributed by atoms with Gasteiger partial charge < -0.3 is 20.1 Å². The average Bonchev–Trinajstić information content (AvgIpc) is 2.26. The Bertz CT molecular complexity index is 440. The first kappa shape index (κ1) is 18.4. The second-order valence-corrected chi connectivity index (χ2v) is 5.58. The van der Waals surface area contributed by atoms with Gasteiger partial charge in [0.25, 0.3) is 0 Å². The molecule has 114 valence electrons. The molecule has 0 spiro atoms. The van der Waals surface area contributed by atoms with Crippen LogP contribution in [-0.4, -0.2) is 39.6 Å². The van der Waals surface area contributed by atoms with Gasteiger partial charge in [0.1, 0.15) is 11.3 Å². The first-order valence-electron chi connectivity index (χ1n) is 6.23. The Labute approximate surface area is 119 Å². The lowest BCUT2D eigenvalue weighted by Gasteiger charge is -2.31. The minimum Gasteiger partial charge on any atom is -0.496 e. The van der Waals surface area contributed by atoms with Crippen molar-refractivity contribution in [2.75, 3.05) is 7.11 Å². The Morgan fingerprint density at radius 3 is 1.80 bits per heavy atom. The normalized spacial score (nSPS) is 11.4. The predicted octanol–water partition coefficient (Wildman–Crippen LogP) is 2.23. The van der Waals surface area contributed by atoms with Crippen LogP contribution in [0.15, 0.2) is 18.2 Å². The largest absolute Gasteiger partial charge is 0.496 e. The maximum atomic E-state index is 10.7. The van der Waals surface area contributed by atoms with Gasteiger partial charge in [0.15, 0.2) is 0 Å². The Balaban J connectivity index is 0.000000396. The van der Waals surface area contributed by atoms with Crippen molar-refractivity contribution in [2.24, 2.45) is 0 Å². The first-order valence-corrected chi connectivity index (χ1v) is 6.23. The standard InChI is InChI=1S/C9H10O3.C6H14O2/c1-6-4-3-5-7(9(10)11)8(6)12-2;1-5(2,7)6(3,4)8/h3-5H,1-2H3,(H,10,11);7-8H,1-4H3. The summed E-state index contributed by atoms with van der Waals surface area (Å²) in [5.74, 6) is -0.527. The molecule has 0 saturated carbocycles. The molecule has 0 atom stereocenters. The van der Waals surface area contributed by atoms with Crippen molar-refractivity contribution >= 4 is 5.97 Å². The number of ether oxygens (including phenoxy) is 1. The summed E-state index contributed by atoms with van der Waals surface area (Å²) >= 11 is 0. The van der Waals surface area contributed by atoms with Crippen LogP contribution >= 0.6 is 0 Å². The number of aromatic carboxylic acids is 1. The second-order valence-electron chi connectivity index (χ2n) is 5.58. The van der Waals surface area contributed by atoms with E-state index in [1.54, 1.807) is 33.8 Å². The van der Waals surface area contributed by atoms with Gasteiger partial charge in [-0.1, -0.05) is 12.1 Å². The summed E-state index contributed by atoms with van der Waals surface area (Å²) in [6, 6.07) is 5.03. The number of hydrogen-bond donors (Lipinski definition) is 3. The number of para-hydroxylation sites is 1. The van der Waals surface area contributed by atoms with E-state index in [0.29, 0.717) is 5.75 Å². The number of hydrogen-bond acceptors (Lipinski definition) is 4. The van der Waals surface area contributed by atoms with Crippen LogP contribution in [0.2, 0.25) is 0 Å². The molecular weight excluding hydrogens is 260 g/mol. The Hall–Kier alpha value is -1.59. The Morgan fingerprint density at radius 1 is 1.10 bits per heavy atom. The van der Waals surface area contributed by atoms with Crippen molar-refractivity contribution in [3.05, 3.63) is 29.3 Å². The molecule has 0 aromatic heterocycles. The summed E-state index contributed by atoms with van der Waals surface area (Å²) in [4.78, 5) is 10.7. The second kappa shape index (κ2) is 6.72. The monoisotopic (exact) mass is 284 g/mol. The van der Waals surface area contributed by atoms with E-state index in [1.807, 2.05) is 13.0 Å². The van der Waals surface area contributed by atoms with Crippen molar-refractivity contribution in [1.29, 1.82) is 0 Å². The maximum Gasteiger partial charge on any atom is 0.339 e. The molecule has 0 heterocycles. The first-order chi connectivity index (χ1) is 8.91. The number of carboxylic acids is 1. The van der Waals surface area contributed by atoms with Crippen LogP contribution in [0.5, 0.6) is 5.75 Å². The van der Waals surface area contributed by atoms with Gasteiger partial charge >= 0.3 is 5.97 Å². The van der Waals surface area contributed by atoms with E-state index in [4.69, 9.17) is 20.1 Å². The molecule has 5 heteroatoms. The molecule has 0 fully saturated rings. The van der Waals surface area contributed by atoms with Crippen LogP contribution in [0, 0.1) is 6.92 Å². The van der Waals surface area contributed by atoms with E-state index >= 15 is 0 Å². The number of carboxylic acid groups (broad SMARTS) is 1. The highest BCUT2D eigenvalue weighted by atomic mass is 16.5. The van der Waals surface area contributed by atoms with Crippen LogP contribution < -0.4 is 4.74 Å². The third-order valence-corrected chi connectivity index (χ3v) is 3.14. The maximum absolute atomic E-state index is 10.7. The van der Waals surface area contributed by atoms with Gasteiger partial charge in [0, 0.05) is 0 Å². The van der Waals surface area contributed by atoms with Crippen molar-refractivity contribution in [3.63, 3.8) is 0 Å². The van der Waals surface area contributed by atoms with E-state index in [2.05, 4.69) is 0 Å². The van der Waals surface area contributed by atoms with Crippen molar-refractivity contribution in [2.45, 2.75) is 45.8 Å². The highest BCUT2D eigenvalue weighted by molar-refractivity contribution is 5.91. The van der Waals surface area contributed by atoms with Crippen LogP contribution in [0.25, 0.3) is 0 Å². The molecule has 0 amide bonds. The van der Waals surface area contributed by atoms with E-state index < -0.39 is 17.2 Å². The van der Waals surface area contributed by atoms with Gasteiger partial charge in [-0.05, 0) is 46.2 Å². The number of aliphatic hydroxyl groups is 2. The summed E-state index contributed by atoms with van der Waals surface area (Å²) in [5, 5.41) is 26.9. The molecule has 0 saturated heterocycles. The predicted molar refractivity (Wildman–Crippen MR) is 77.3 cm³/mol. The lowest BCUT2D eigenvalue weighted by molar-refractivity contribution is -0.107. The summed E-state index contributed by atoms with van der Waals surface area (Å²) < 4.78 is 4.96. The molecular formula is C15H24O5. The fourth-order valence-corrected chi connectivity index (χ4v) is 1.09. The number of benzene rings is 1. The van der Waals surface area contributed by atoms with Gasteiger partial charge in [-0.3, -0.25) is 0 Å². The summed E-state index contributed by atoms with van der Waals surface area (Å²) in [6.45, 7) is 8.12.